The number of hydrogen-bond donors (Lipinski definition) is 2. The van der Waals surface area contributed by atoms with Crippen LogP contribution in [0.3, 0.4) is 0 Å². The maximum Gasteiger partial charge on any atom is 0.282 e. The van der Waals surface area contributed by atoms with E-state index in [2.05, 4.69) is 44.6 Å². The van der Waals surface area contributed by atoms with Crippen molar-refractivity contribution in [3.63, 3.8) is 0 Å². The summed E-state index contributed by atoms with van der Waals surface area (Å²) in [5.41, 5.74) is 5.97. The quantitative estimate of drug-likeness (QED) is 0.531. The molecule has 0 amide bonds. The van der Waals surface area contributed by atoms with Crippen LogP contribution in [0.25, 0.3) is 28.1 Å². The molecule has 0 atom stereocenters. The largest absolute Gasteiger partial charge is 0.369 e. The van der Waals surface area contributed by atoms with Gasteiger partial charge >= 0.3 is 0 Å². The molecule has 0 radical (unpaired) electrons. The minimum Gasteiger partial charge on any atom is -0.369 e. The van der Waals surface area contributed by atoms with E-state index in [1.807, 2.05) is 6.92 Å². The second-order valence-electron chi connectivity index (χ2n) is 7.53. The number of nitrogens with one attached hydrogen (secondary N) is 2. The zero-order chi connectivity index (χ0) is 20.7. The Morgan fingerprint density at radius 3 is 2.33 bits per heavy atom. The summed E-state index contributed by atoms with van der Waals surface area (Å²) >= 11 is 5.99. The Balaban J connectivity index is 1.58. The van der Waals surface area contributed by atoms with Gasteiger partial charge in [-0.15, -0.1) is 0 Å². The number of benzene rings is 2. The van der Waals surface area contributed by atoms with Gasteiger partial charge in [0.1, 0.15) is 5.69 Å². The second kappa shape index (κ2) is 7.63. The lowest BCUT2D eigenvalue weighted by Crippen LogP contribution is -2.43. The first-order chi connectivity index (χ1) is 14.6. The Labute approximate surface area is 179 Å². The lowest BCUT2D eigenvalue weighted by atomic mass is 9.98. The van der Waals surface area contributed by atoms with Crippen LogP contribution in [0, 0.1) is 6.92 Å². The molecule has 2 N–H and O–H groups in total. The maximum absolute atomic E-state index is 13.0. The van der Waals surface area contributed by atoms with Crippen LogP contribution in [0.2, 0.25) is 5.02 Å². The van der Waals surface area contributed by atoms with E-state index in [0.29, 0.717) is 22.0 Å². The van der Waals surface area contributed by atoms with Crippen LogP contribution in [-0.4, -0.2) is 40.9 Å². The minimum atomic E-state index is -0.151. The van der Waals surface area contributed by atoms with Crippen molar-refractivity contribution in [2.75, 3.05) is 31.1 Å². The van der Waals surface area contributed by atoms with Crippen LogP contribution >= 0.6 is 11.6 Å². The van der Waals surface area contributed by atoms with E-state index in [9.17, 15) is 4.79 Å². The Hall–Kier alpha value is -3.09. The first-order valence-electron chi connectivity index (χ1n) is 10.0. The number of rotatable bonds is 3. The van der Waals surface area contributed by atoms with E-state index < -0.39 is 0 Å². The summed E-state index contributed by atoms with van der Waals surface area (Å²) < 4.78 is 1.44. The number of pyridine rings is 1. The number of piperazine rings is 1. The summed E-state index contributed by atoms with van der Waals surface area (Å²) in [4.78, 5) is 18.6. The molecule has 0 bridgehead atoms. The van der Waals surface area contributed by atoms with Gasteiger partial charge in [-0.1, -0.05) is 23.7 Å². The molecular formula is C23H22ClN5O. The third-order valence-corrected chi connectivity index (χ3v) is 5.88. The minimum absolute atomic E-state index is 0.151. The SMILES string of the molecule is Cc1[nH]cc2c(=O)n(-c3ccc(Cl)cc3)nc-2c1-c1ccc(N2CCNCC2)cc1. The molecule has 0 unspecified atom stereocenters. The topological polar surface area (TPSA) is 66.0 Å². The highest BCUT2D eigenvalue weighted by Gasteiger charge is 2.22. The summed E-state index contributed by atoms with van der Waals surface area (Å²) in [5.74, 6) is 0. The van der Waals surface area contributed by atoms with Gasteiger partial charge in [-0.2, -0.15) is 9.78 Å². The summed E-state index contributed by atoms with van der Waals surface area (Å²) in [6.07, 6.45) is 1.74. The lowest BCUT2D eigenvalue weighted by molar-refractivity contribution is 0.589. The number of aromatic amines is 1. The third kappa shape index (κ3) is 3.28. The molecule has 3 aliphatic rings. The fraction of sp³-hybridized carbons (Fsp3) is 0.217. The van der Waals surface area contributed by atoms with Gasteiger partial charge in [0.2, 0.25) is 0 Å². The number of hydrogen-bond acceptors (Lipinski definition) is 4. The number of aromatic nitrogens is 3. The standard InChI is InChI=1S/C23H22ClN5O/c1-15-21(16-2-6-18(7-3-16)28-12-10-25-11-13-28)22-20(14-26-15)23(30)29(27-22)19-8-4-17(24)5-9-19/h2-9,14,25-26H,10-13H2,1H3. The zero-order valence-electron chi connectivity index (χ0n) is 16.7. The van der Waals surface area contributed by atoms with E-state index in [1.165, 1.54) is 10.4 Å². The van der Waals surface area contributed by atoms with Gasteiger partial charge in [0, 0.05) is 54.3 Å². The highest BCUT2D eigenvalue weighted by molar-refractivity contribution is 6.30. The van der Waals surface area contributed by atoms with Gasteiger partial charge in [0.25, 0.3) is 5.56 Å². The molecule has 0 spiro atoms. The van der Waals surface area contributed by atoms with Crippen molar-refractivity contribution in [1.29, 1.82) is 0 Å². The molecule has 3 aliphatic heterocycles. The van der Waals surface area contributed by atoms with E-state index in [4.69, 9.17) is 11.6 Å². The van der Waals surface area contributed by atoms with Crippen molar-refractivity contribution >= 4 is 17.3 Å². The van der Waals surface area contributed by atoms with Crippen LogP contribution in [0.15, 0.2) is 59.5 Å². The van der Waals surface area contributed by atoms with E-state index in [-0.39, 0.29) is 5.56 Å². The molecule has 5 rings (SSSR count). The van der Waals surface area contributed by atoms with E-state index >= 15 is 0 Å². The summed E-state index contributed by atoms with van der Waals surface area (Å²) in [5, 5.41) is 8.69. The van der Waals surface area contributed by atoms with Crippen molar-refractivity contribution < 1.29 is 0 Å². The smallest absolute Gasteiger partial charge is 0.282 e. The van der Waals surface area contributed by atoms with Crippen LogP contribution in [0.5, 0.6) is 0 Å². The summed E-state index contributed by atoms with van der Waals surface area (Å²) in [6.45, 7) is 6.03. The first kappa shape index (κ1) is 18.9. The molecule has 152 valence electrons. The zero-order valence-corrected chi connectivity index (χ0v) is 17.4. The molecule has 0 aliphatic carbocycles. The first-order valence-corrected chi connectivity index (χ1v) is 10.4. The van der Waals surface area contributed by atoms with Gasteiger partial charge in [-0.25, -0.2) is 0 Å². The average molecular weight is 420 g/mol. The molecule has 0 aromatic heterocycles. The Morgan fingerprint density at radius 1 is 0.967 bits per heavy atom. The van der Waals surface area contributed by atoms with Crippen molar-refractivity contribution in [2.24, 2.45) is 0 Å². The van der Waals surface area contributed by atoms with Crippen LogP contribution in [0.1, 0.15) is 5.69 Å². The van der Waals surface area contributed by atoms with Crippen molar-refractivity contribution in [2.45, 2.75) is 6.92 Å². The van der Waals surface area contributed by atoms with E-state index in [0.717, 1.165) is 43.0 Å². The molecule has 3 heterocycles. The molecule has 0 saturated carbocycles. The molecule has 2 aromatic carbocycles. The summed E-state index contributed by atoms with van der Waals surface area (Å²) in [7, 11) is 0. The second-order valence-corrected chi connectivity index (χ2v) is 7.96. The Bertz CT molecular complexity index is 1200. The number of halogens is 1. The predicted octanol–water partition coefficient (Wildman–Crippen LogP) is 3.70. The number of nitrogens with zero attached hydrogens (tertiary/aromatic N) is 3. The average Bonchev–Trinajstić information content (AvgIpc) is 3.11. The number of anilines is 1. The fourth-order valence-corrected chi connectivity index (χ4v) is 4.16. The van der Waals surface area contributed by atoms with Crippen molar-refractivity contribution in [3.8, 4) is 28.1 Å². The predicted molar refractivity (Wildman–Crippen MR) is 121 cm³/mol. The highest BCUT2D eigenvalue weighted by atomic mass is 35.5. The fourth-order valence-electron chi connectivity index (χ4n) is 4.03. The third-order valence-electron chi connectivity index (χ3n) is 5.63. The van der Waals surface area contributed by atoms with E-state index in [1.54, 1.807) is 30.5 Å². The van der Waals surface area contributed by atoms with Gasteiger partial charge in [-0.3, -0.25) is 4.79 Å². The number of H-pyrrole nitrogens is 1. The Morgan fingerprint density at radius 2 is 1.63 bits per heavy atom. The summed E-state index contributed by atoms with van der Waals surface area (Å²) in [6, 6.07) is 15.6. The molecule has 7 heteroatoms. The van der Waals surface area contributed by atoms with Gasteiger partial charge < -0.3 is 15.2 Å². The van der Waals surface area contributed by atoms with Crippen LogP contribution in [-0.2, 0) is 0 Å². The molecule has 1 saturated heterocycles. The number of aryl methyl sites for hydroxylation is 1. The van der Waals surface area contributed by atoms with Crippen LogP contribution in [0.4, 0.5) is 5.69 Å². The lowest BCUT2D eigenvalue weighted by Gasteiger charge is -2.29. The molecular weight excluding hydrogens is 398 g/mol. The molecule has 2 aromatic rings. The molecule has 1 fully saturated rings. The van der Waals surface area contributed by atoms with Crippen molar-refractivity contribution in [3.05, 3.63) is 75.8 Å². The monoisotopic (exact) mass is 419 g/mol. The van der Waals surface area contributed by atoms with Crippen molar-refractivity contribution in [1.82, 2.24) is 20.1 Å². The number of fused-ring (bicyclic) bond motifs is 1. The molecule has 6 nitrogen and oxygen atoms in total. The Kier molecular flexibility index (Phi) is 4.81. The van der Waals surface area contributed by atoms with Crippen LogP contribution < -0.4 is 15.8 Å². The van der Waals surface area contributed by atoms with Gasteiger partial charge in [0.05, 0.1) is 11.3 Å². The van der Waals surface area contributed by atoms with Gasteiger partial charge in [-0.05, 0) is 48.9 Å². The highest BCUT2D eigenvalue weighted by Crippen LogP contribution is 2.33. The molecule has 30 heavy (non-hydrogen) atoms. The van der Waals surface area contributed by atoms with Gasteiger partial charge in [0.15, 0.2) is 0 Å². The normalized spacial score (nSPS) is 14.4. The maximum atomic E-state index is 13.0.